The minimum atomic E-state index is -1.10. The van der Waals surface area contributed by atoms with Crippen LogP contribution in [0.1, 0.15) is 5.56 Å². The number of hydrogen-bond acceptors (Lipinski definition) is 5. The molecule has 0 heterocycles. The zero-order valence-corrected chi connectivity index (χ0v) is 15.7. The van der Waals surface area contributed by atoms with Gasteiger partial charge < -0.3 is 10.4 Å². The second kappa shape index (κ2) is 8.45. The molecule has 3 aromatic carbocycles. The van der Waals surface area contributed by atoms with Crippen LogP contribution in [0.4, 0.5) is 20.2 Å². The molecule has 0 aromatic heterocycles. The van der Waals surface area contributed by atoms with Crippen molar-refractivity contribution in [2.75, 3.05) is 5.32 Å². The highest BCUT2D eigenvalue weighted by Gasteiger charge is 2.14. The molecule has 0 radical (unpaired) electrons. The second-order valence-electron chi connectivity index (χ2n) is 5.75. The van der Waals surface area contributed by atoms with Crippen molar-refractivity contribution < 1.29 is 18.8 Å². The number of rotatable bonds is 6. The predicted molar refractivity (Wildman–Crippen MR) is 104 cm³/mol. The molecule has 0 aliphatic heterocycles. The Hall–Kier alpha value is -2.84. The molecule has 2 N–H and O–H groups in total. The van der Waals surface area contributed by atoms with Crippen LogP contribution in [0.25, 0.3) is 0 Å². The monoisotopic (exact) mass is 422 g/mol. The third kappa shape index (κ3) is 4.71. The maximum atomic E-state index is 13.5. The molecule has 0 unspecified atom stereocenters. The van der Waals surface area contributed by atoms with Gasteiger partial charge in [-0.3, -0.25) is 10.1 Å². The van der Waals surface area contributed by atoms with Crippen LogP contribution >= 0.6 is 23.4 Å². The fourth-order valence-electron chi connectivity index (χ4n) is 2.41. The lowest BCUT2D eigenvalue weighted by Gasteiger charge is -2.12. The van der Waals surface area contributed by atoms with Gasteiger partial charge in [0.15, 0.2) is 17.4 Å². The van der Waals surface area contributed by atoms with Gasteiger partial charge in [0.1, 0.15) is 0 Å². The van der Waals surface area contributed by atoms with Gasteiger partial charge in [0.2, 0.25) is 0 Å². The number of phenolic OH excluding ortho intramolecular Hbond substituents is 1. The number of nitrogens with zero attached hydrogens (tertiary/aromatic N) is 1. The number of aromatic hydroxyl groups is 1. The molecule has 0 saturated carbocycles. The van der Waals surface area contributed by atoms with Crippen molar-refractivity contribution in [2.24, 2.45) is 0 Å². The summed E-state index contributed by atoms with van der Waals surface area (Å²) >= 11 is 7.26. The van der Waals surface area contributed by atoms with E-state index in [2.05, 4.69) is 5.32 Å². The zero-order chi connectivity index (χ0) is 20.3. The Bertz CT molecular complexity index is 1010. The van der Waals surface area contributed by atoms with Gasteiger partial charge in [-0.2, -0.15) is 0 Å². The Morgan fingerprint density at radius 2 is 1.71 bits per heavy atom. The average molecular weight is 423 g/mol. The van der Waals surface area contributed by atoms with Crippen LogP contribution in [0.5, 0.6) is 5.75 Å². The Labute approximate surface area is 168 Å². The van der Waals surface area contributed by atoms with Crippen LogP contribution in [0.15, 0.2) is 64.4 Å². The van der Waals surface area contributed by atoms with E-state index in [0.29, 0.717) is 10.6 Å². The standard InChI is InChI=1S/C19H13ClF2N2O3S/c20-12-1-4-15(5-2-12)28-18-6-3-14(24(26)27)7-11(18)10-23-13-8-16(21)19(25)17(22)9-13/h1-9,23,25H,10H2. The van der Waals surface area contributed by atoms with E-state index in [1.54, 1.807) is 18.2 Å². The summed E-state index contributed by atoms with van der Waals surface area (Å²) in [7, 11) is 0. The molecule has 0 amide bonds. The van der Waals surface area contributed by atoms with Gasteiger partial charge in [0, 0.05) is 51.3 Å². The van der Waals surface area contributed by atoms with Gasteiger partial charge in [-0.1, -0.05) is 23.4 Å². The van der Waals surface area contributed by atoms with E-state index in [0.717, 1.165) is 21.9 Å². The summed E-state index contributed by atoms with van der Waals surface area (Å²) in [4.78, 5) is 12.2. The largest absolute Gasteiger partial charge is 0.503 e. The van der Waals surface area contributed by atoms with Crippen LogP contribution in [0.2, 0.25) is 5.02 Å². The van der Waals surface area contributed by atoms with Crippen molar-refractivity contribution in [3.05, 3.63) is 86.9 Å². The lowest BCUT2D eigenvalue weighted by molar-refractivity contribution is -0.385. The van der Waals surface area contributed by atoms with Crippen molar-refractivity contribution >= 4 is 34.7 Å². The molecule has 0 bridgehead atoms. The number of hydrogen-bond donors (Lipinski definition) is 2. The van der Waals surface area contributed by atoms with E-state index in [4.69, 9.17) is 11.6 Å². The van der Waals surface area contributed by atoms with Crippen molar-refractivity contribution in [1.82, 2.24) is 0 Å². The molecule has 3 rings (SSSR count). The van der Waals surface area contributed by atoms with E-state index in [1.807, 2.05) is 12.1 Å². The summed E-state index contributed by atoms with van der Waals surface area (Å²) in [6.07, 6.45) is 0. The quantitative estimate of drug-likeness (QED) is 0.289. The zero-order valence-electron chi connectivity index (χ0n) is 14.2. The van der Waals surface area contributed by atoms with Gasteiger partial charge >= 0.3 is 0 Å². The molecule has 144 valence electrons. The number of phenols is 1. The van der Waals surface area contributed by atoms with Gasteiger partial charge in [-0.25, -0.2) is 8.78 Å². The smallest absolute Gasteiger partial charge is 0.269 e. The van der Waals surface area contributed by atoms with Crippen molar-refractivity contribution in [2.45, 2.75) is 16.3 Å². The van der Waals surface area contributed by atoms with E-state index in [-0.39, 0.29) is 17.9 Å². The fourth-order valence-corrected chi connectivity index (χ4v) is 3.46. The molecule has 5 nitrogen and oxygen atoms in total. The van der Waals surface area contributed by atoms with Crippen LogP contribution in [0.3, 0.4) is 0 Å². The first-order valence-corrected chi connectivity index (χ1v) is 9.15. The van der Waals surface area contributed by atoms with Gasteiger partial charge in [0.25, 0.3) is 5.69 Å². The Morgan fingerprint density at radius 3 is 2.32 bits per heavy atom. The number of nitro benzene ring substituents is 1. The first-order valence-electron chi connectivity index (χ1n) is 7.96. The molecular weight excluding hydrogens is 410 g/mol. The highest BCUT2D eigenvalue weighted by molar-refractivity contribution is 7.99. The van der Waals surface area contributed by atoms with Crippen LogP contribution in [-0.2, 0) is 6.54 Å². The van der Waals surface area contributed by atoms with Crippen LogP contribution < -0.4 is 5.32 Å². The molecule has 0 fully saturated rings. The molecule has 0 spiro atoms. The number of non-ortho nitro benzene ring substituents is 1. The summed E-state index contributed by atoms with van der Waals surface area (Å²) in [5.74, 6) is -3.26. The number of halogens is 3. The highest BCUT2D eigenvalue weighted by Crippen LogP contribution is 2.34. The SMILES string of the molecule is O=[N+]([O-])c1ccc(Sc2ccc(Cl)cc2)c(CNc2cc(F)c(O)c(F)c2)c1. The van der Waals surface area contributed by atoms with Crippen molar-refractivity contribution in [1.29, 1.82) is 0 Å². The summed E-state index contributed by atoms with van der Waals surface area (Å²) in [5.41, 5.74) is 0.574. The Balaban J connectivity index is 1.87. The van der Waals surface area contributed by atoms with Crippen LogP contribution in [0, 0.1) is 21.7 Å². The number of anilines is 1. The van der Waals surface area contributed by atoms with Crippen molar-refractivity contribution in [3.63, 3.8) is 0 Å². The van der Waals surface area contributed by atoms with Gasteiger partial charge in [-0.05, 0) is 35.9 Å². The highest BCUT2D eigenvalue weighted by atomic mass is 35.5. The summed E-state index contributed by atoms with van der Waals surface area (Å²) < 4.78 is 27.0. The number of nitrogens with one attached hydrogen (secondary N) is 1. The molecule has 0 aliphatic carbocycles. The summed E-state index contributed by atoms with van der Waals surface area (Å²) in [6.45, 7) is 0.0846. The Morgan fingerprint density at radius 1 is 1.07 bits per heavy atom. The molecule has 0 aliphatic rings. The normalized spacial score (nSPS) is 10.7. The molecule has 3 aromatic rings. The maximum Gasteiger partial charge on any atom is 0.269 e. The molecule has 28 heavy (non-hydrogen) atoms. The van der Waals surface area contributed by atoms with Crippen molar-refractivity contribution in [3.8, 4) is 5.75 Å². The maximum absolute atomic E-state index is 13.5. The van der Waals surface area contributed by atoms with Gasteiger partial charge in [0.05, 0.1) is 4.92 Å². The van der Waals surface area contributed by atoms with E-state index in [1.165, 1.54) is 23.9 Å². The average Bonchev–Trinajstić information content (AvgIpc) is 2.66. The minimum Gasteiger partial charge on any atom is -0.503 e. The molecule has 0 atom stereocenters. The van der Waals surface area contributed by atoms with E-state index in [9.17, 15) is 24.0 Å². The Kier molecular flexibility index (Phi) is 6.01. The predicted octanol–water partition coefficient (Wildman–Crippen LogP) is 6.00. The lowest BCUT2D eigenvalue weighted by Crippen LogP contribution is -2.03. The molecule has 9 heteroatoms. The fraction of sp³-hybridized carbons (Fsp3) is 0.0526. The third-order valence-electron chi connectivity index (χ3n) is 3.80. The first-order chi connectivity index (χ1) is 13.3. The molecule has 0 saturated heterocycles. The minimum absolute atomic E-state index is 0.0846. The lowest BCUT2D eigenvalue weighted by atomic mass is 10.2. The first kappa shape index (κ1) is 19.9. The van der Waals surface area contributed by atoms with E-state index < -0.39 is 22.3 Å². The van der Waals surface area contributed by atoms with Gasteiger partial charge in [-0.15, -0.1) is 0 Å². The van der Waals surface area contributed by atoms with Crippen LogP contribution in [-0.4, -0.2) is 10.0 Å². The molecular formula is C19H13ClF2N2O3S. The third-order valence-corrected chi connectivity index (χ3v) is 5.17. The summed E-state index contributed by atoms with van der Waals surface area (Å²) in [5, 5.41) is 23.7. The summed E-state index contributed by atoms with van der Waals surface area (Å²) in [6, 6.07) is 13.4. The second-order valence-corrected chi connectivity index (χ2v) is 7.30. The van der Waals surface area contributed by atoms with E-state index >= 15 is 0 Å². The topological polar surface area (TPSA) is 75.4 Å². The number of benzene rings is 3. The number of nitro groups is 1.